The van der Waals surface area contributed by atoms with Crippen molar-refractivity contribution in [2.45, 2.75) is 13.5 Å². The molecule has 4 rings (SSSR count). The van der Waals surface area contributed by atoms with Crippen LogP contribution in [0.25, 0.3) is 10.9 Å². The highest BCUT2D eigenvalue weighted by molar-refractivity contribution is 7.14. The molecule has 8 heteroatoms. The Labute approximate surface area is 169 Å². The summed E-state index contributed by atoms with van der Waals surface area (Å²) in [6.45, 7) is 1.27. The largest absolute Gasteiger partial charge is 0.454 e. The van der Waals surface area contributed by atoms with Crippen molar-refractivity contribution in [2.75, 3.05) is 4.90 Å². The molecule has 29 heavy (non-hydrogen) atoms. The molecule has 0 saturated carbocycles. The van der Waals surface area contributed by atoms with Gasteiger partial charge in [0.1, 0.15) is 18.1 Å². The predicted octanol–water partition coefficient (Wildman–Crippen LogP) is 4.81. The Morgan fingerprint density at radius 3 is 2.69 bits per heavy atom. The standard InChI is InChI=1S/C21H16FN3O3S/c1-13(26)25(19-9-5-3-7-16(19)22)21-23-15(12-29-21)11-28-20(27)18-10-14-6-2-4-8-17(14)24-18/h2-10,12,24H,11H2,1H3. The SMILES string of the molecule is CC(=O)N(c1nc(COC(=O)c2cc3ccccc3[nH]2)cs1)c1ccccc1F. The van der Waals surface area contributed by atoms with Gasteiger partial charge < -0.3 is 9.72 Å². The molecular weight excluding hydrogens is 393 g/mol. The van der Waals surface area contributed by atoms with Gasteiger partial charge in [-0.15, -0.1) is 11.3 Å². The fourth-order valence-corrected chi connectivity index (χ4v) is 3.77. The van der Waals surface area contributed by atoms with Crippen LogP contribution in [0.1, 0.15) is 23.1 Å². The van der Waals surface area contributed by atoms with Crippen LogP contribution in [0, 0.1) is 5.82 Å². The Balaban J connectivity index is 1.49. The van der Waals surface area contributed by atoms with Gasteiger partial charge in [0.2, 0.25) is 5.91 Å². The molecule has 4 aromatic rings. The van der Waals surface area contributed by atoms with Gasteiger partial charge in [-0.1, -0.05) is 30.3 Å². The summed E-state index contributed by atoms with van der Waals surface area (Å²) >= 11 is 1.17. The number of thiazole rings is 1. The first-order valence-corrected chi connectivity index (χ1v) is 9.65. The number of para-hydroxylation sites is 2. The second kappa shape index (κ2) is 7.84. The fourth-order valence-electron chi connectivity index (χ4n) is 2.91. The summed E-state index contributed by atoms with van der Waals surface area (Å²) in [5, 5.41) is 2.89. The molecule has 2 aromatic heterocycles. The molecule has 0 saturated heterocycles. The van der Waals surface area contributed by atoms with Crippen LogP contribution < -0.4 is 4.90 Å². The predicted molar refractivity (Wildman–Crippen MR) is 109 cm³/mol. The zero-order valence-electron chi connectivity index (χ0n) is 15.4. The van der Waals surface area contributed by atoms with Gasteiger partial charge in [0.05, 0.1) is 11.4 Å². The number of carbonyl (C=O) groups excluding carboxylic acids is 2. The smallest absolute Gasteiger partial charge is 0.355 e. The fraction of sp³-hybridized carbons (Fsp3) is 0.0952. The normalized spacial score (nSPS) is 10.8. The van der Waals surface area contributed by atoms with E-state index in [1.807, 2.05) is 24.3 Å². The lowest BCUT2D eigenvalue weighted by Crippen LogP contribution is -2.23. The van der Waals surface area contributed by atoms with E-state index in [4.69, 9.17) is 4.74 Å². The minimum atomic E-state index is -0.523. The summed E-state index contributed by atoms with van der Waals surface area (Å²) in [4.78, 5) is 32.9. The maximum atomic E-state index is 14.1. The molecule has 6 nitrogen and oxygen atoms in total. The number of amides is 1. The molecule has 0 fully saturated rings. The van der Waals surface area contributed by atoms with Crippen molar-refractivity contribution in [3.63, 3.8) is 0 Å². The number of fused-ring (bicyclic) bond motifs is 1. The van der Waals surface area contributed by atoms with Crippen molar-refractivity contribution in [2.24, 2.45) is 0 Å². The lowest BCUT2D eigenvalue weighted by atomic mass is 10.2. The van der Waals surface area contributed by atoms with Crippen LogP contribution in [-0.2, 0) is 16.1 Å². The molecule has 0 spiro atoms. The van der Waals surface area contributed by atoms with Gasteiger partial charge in [-0.3, -0.25) is 9.69 Å². The summed E-state index contributed by atoms with van der Waals surface area (Å²) in [7, 11) is 0. The van der Waals surface area contributed by atoms with Gasteiger partial charge >= 0.3 is 5.97 Å². The monoisotopic (exact) mass is 409 g/mol. The number of H-pyrrole nitrogens is 1. The number of aromatic amines is 1. The van der Waals surface area contributed by atoms with Gasteiger partial charge in [0, 0.05) is 23.2 Å². The zero-order chi connectivity index (χ0) is 20.4. The van der Waals surface area contributed by atoms with Crippen LogP contribution >= 0.6 is 11.3 Å². The van der Waals surface area contributed by atoms with Crippen molar-refractivity contribution < 1.29 is 18.7 Å². The van der Waals surface area contributed by atoms with E-state index < -0.39 is 11.8 Å². The molecule has 0 aliphatic heterocycles. The third kappa shape index (κ3) is 3.88. The number of halogens is 1. The molecule has 0 aliphatic carbocycles. The van der Waals surface area contributed by atoms with E-state index in [-0.39, 0.29) is 18.2 Å². The topological polar surface area (TPSA) is 75.3 Å². The number of carbonyl (C=O) groups is 2. The second-order valence-electron chi connectivity index (χ2n) is 6.27. The highest BCUT2D eigenvalue weighted by atomic mass is 32.1. The summed E-state index contributed by atoms with van der Waals surface area (Å²) < 4.78 is 19.5. The van der Waals surface area contributed by atoms with Crippen molar-refractivity contribution in [3.05, 3.63) is 77.2 Å². The van der Waals surface area contributed by atoms with Crippen LogP contribution in [0.2, 0.25) is 0 Å². The Morgan fingerprint density at radius 2 is 1.93 bits per heavy atom. The third-order valence-electron chi connectivity index (χ3n) is 4.24. The van der Waals surface area contributed by atoms with Gasteiger partial charge in [-0.25, -0.2) is 14.2 Å². The number of rotatable bonds is 5. The Morgan fingerprint density at radius 1 is 1.17 bits per heavy atom. The number of esters is 1. The highest BCUT2D eigenvalue weighted by Gasteiger charge is 2.21. The highest BCUT2D eigenvalue weighted by Crippen LogP contribution is 2.31. The number of aromatic nitrogens is 2. The van der Waals surface area contributed by atoms with Gasteiger partial charge in [0.25, 0.3) is 0 Å². The Bertz CT molecular complexity index is 1170. The number of nitrogens with one attached hydrogen (secondary N) is 1. The van der Waals surface area contributed by atoms with Gasteiger partial charge in [0.15, 0.2) is 5.13 Å². The van der Waals surface area contributed by atoms with E-state index >= 15 is 0 Å². The molecule has 146 valence electrons. The average Bonchev–Trinajstić information content (AvgIpc) is 3.34. The van der Waals surface area contributed by atoms with Crippen LogP contribution in [0.4, 0.5) is 15.2 Å². The molecule has 1 amide bonds. The molecule has 0 aliphatic rings. The molecule has 2 aromatic carbocycles. The summed E-state index contributed by atoms with van der Waals surface area (Å²) in [5.74, 6) is -1.40. The first-order valence-electron chi connectivity index (χ1n) is 8.77. The maximum absolute atomic E-state index is 14.1. The molecule has 1 N–H and O–H groups in total. The van der Waals surface area contributed by atoms with E-state index in [1.165, 1.54) is 35.3 Å². The van der Waals surface area contributed by atoms with Crippen molar-refractivity contribution in [1.82, 2.24) is 9.97 Å². The number of ether oxygens (including phenoxy) is 1. The Hall–Kier alpha value is -3.52. The van der Waals surface area contributed by atoms with Crippen LogP contribution in [0.5, 0.6) is 0 Å². The van der Waals surface area contributed by atoms with E-state index in [0.717, 1.165) is 10.9 Å². The minimum absolute atomic E-state index is 0.0618. The molecule has 0 bridgehead atoms. The average molecular weight is 409 g/mol. The second-order valence-corrected chi connectivity index (χ2v) is 7.11. The number of anilines is 2. The summed E-state index contributed by atoms with van der Waals surface area (Å²) in [6.07, 6.45) is 0. The van der Waals surface area contributed by atoms with Crippen LogP contribution in [0.3, 0.4) is 0 Å². The number of nitrogens with zero attached hydrogens (tertiary/aromatic N) is 2. The Kier molecular flexibility index (Phi) is 5.09. The molecule has 0 atom stereocenters. The van der Waals surface area contributed by atoms with E-state index in [2.05, 4.69) is 9.97 Å². The summed E-state index contributed by atoms with van der Waals surface area (Å²) in [5.41, 5.74) is 1.78. The zero-order valence-corrected chi connectivity index (χ0v) is 16.2. The van der Waals surface area contributed by atoms with E-state index in [0.29, 0.717) is 16.5 Å². The maximum Gasteiger partial charge on any atom is 0.355 e. The molecule has 2 heterocycles. The molecule has 0 unspecified atom stereocenters. The first kappa shape index (κ1) is 18.8. The number of benzene rings is 2. The van der Waals surface area contributed by atoms with Crippen molar-refractivity contribution >= 4 is 44.9 Å². The third-order valence-corrected chi connectivity index (χ3v) is 5.11. The van der Waals surface area contributed by atoms with Crippen LogP contribution in [0.15, 0.2) is 60.0 Å². The quantitative estimate of drug-likeness (QED) is 0.480. The van der Waals surface area contributed by atoms with Crippen molar-refractivity contribution in [3.8, 4) is 0 Å². The van der Waals surface area contributed by atoms with Gasteiger partial charge in [-0.05, 0) is 24.3 Å². The lowest BCUT2D eigenvalue weighted by Gasteiger charge is -2.18. The van der Waals surface area contributed by atoms with E-state index in [9.17, 15) is 14.0 Å². The number of hydrogen-bond donors (Lipinski definition) is 1. The lowest BCUT2D eigenvalue weighted by molar-refractivity contribution is -0.115. The summed E-state index contributed by atoms with van der Waals surface area (Å²) in [6, 6.07) is 15.2. The minimum Gasteiger partial charge on any atom is -0.454 e. The molecule has 0 radical (unpaired) electrons. The van der Waals surface area contributed by atoms with Crippen LogP contribution in [-0.4, -0.2) is 21.8 Å². The first-order chi connectivity index (χ1) is 14.0. The van der Waals surface area contributed by atoms with E-state index in [1.54, 1.807) is 23.6 Å². The van der Waals surface area contributed by atoms with Gasteiger partial charge in [-0.2, -0.15) is 0 Å². The van der Waals surface area contributed by atoms with Crippen molar-refractivity contribution in [1.29, 1.82) is 0 Å². The number of hydrogen-bond acceptors (Lipinski definition) is 5. The molecular formula is C21H16FN3O3S.